The molecule has 0 saturated heterocycles. The summed E-state index contributed by atoms with van der Waals surface area (Å²) < 4.78 is 2.77. The minimum Gasteiger partial charge on any atom is -0.311 e. The van der Waals surface area contributed by atoms with E-state index >= 15 is 0 Å². The van der Waals surface area contributed by atoms with Crippen molar-refractivity contribution in [1.29, 1.82) is 0 Å². The van der Waals surface area contributed by atoms with Crippen molar-refractivity contribution in [2.45, 2.75) is 195 Å². The van der Waals surface area contributed by atoms with Gasteiger partial charge in [0.15, 0.2) is 0 Å². The van der Waals surface area contributed by atoms with Gasteiger partial charge in [-0.2, -0.15) is 0 Å². The molecule has 1 fully saturated rings. The van der Waals surface area contributed by atoms with Gasteiger partial charge in [-0.1, -0.05) is 223 Å². The summed E-state index contributed by atoms with van der Waals surface area (Å²) >= 11 is 2.02. The fraction of sp³-hybridized carbons (Fsp3) is 0.405. The molecule has 3 heterocycles. The van der Waals surface area contributed by atoms with E-state index in [0.29, 0.717) is 5.92 Å². The van der Waals surface area contributed by atoms with E-state index in [4.69, 9.17) is 0 Å². The van der Waals surface area contributed by atoms with E-state index in [9.17, 15) is 0 Å². The van der Waals surface area contributed by atoms with Crippen LogP contribution in [0.1, 0.15) is 202 Å². The van der Waals surface area contributed by atoms with Crippen molar-refractivity contribution in [2.75, 3.05) is 9.80 Å². The van der Waals surface area contributed by atoms with Crippen molar-refractivity contribution in [3.8, 4) is 22.3 Å². The van der Waals surface area contributed by atoms with E-state index in [0.717, 1.165) is 0 Å². The van der Waals surface area contributed by atoms with Crippen LogP contribution in [0.25, 0.3) is 32.3 Å². The predicted octanol–water partition coefficient (Wildman–Crippen LogP) is 20.2. The van der Waals surface area contributed by atoms with E-state index in [1.165, 1.54) is 153 Å². The maximum Gasteiger partial charge on any atom is 0.264 e. The van der Waals surface area contributed by atoms with Crippen molar-refractivity contribution in [1.82, 2.24) is 0 Å². The van der Waals surface area contributed by atoms with Gasteiger partial charge in [-0.05, 0) is 172 Å². The Morgan fingerprint density at radius 1 is 0.397 bits per heavy atom. The van der Waals surface area contributed by atoms with Gasteiger partial charge in [0.1, 0.15) is 0 Å². The lowest BCUT2D eigenvalue weighted by molar-refractivity contribution is 0.444. The first-order valence-corrected chi connectivity index (χ1v) is 30.3. The third kappa shape index (κ3) is 9.79. The molecule has 0 N–H and O–H groups in total. The second kappa shape index (κ2) is 18.9. The Bertz CT molecular complexity index is 3560. The molecule has 1 aromatic heterocycles. The molecule has 0 amide bonds. The smallest absolute Gasteiger partial charge is 0.264 e. The summed E-state index contributed by atoms with van der Waals surface area (Å²) in [6.07, 6.45) is 6.46. The van der Waals surface area contributed by atoms with Crippen LogP contribution in [0.5, 0.6) is 0 Å². The zero-order chi connectivity index (χ0) is 55.8. The van der Waals surface area contributed by atoms with Crippen LogP contribution in [0.3, 0.4) is 0 Å². The Kier molecular flexibility index (Phi) is 13.1. The molecule has 0 unspecified atom stereocenters. The first-order chi connectivity index (χ1) is 36.4. The van der Waals surface area contributed by atoms with Gasteiger partial charge < -0.3 is 9.80 Å². The number of hydrogen-bond acceptors (Lipinski definition) is 3. The summed E-state index contributed by atoms with van der Waals surface area (Å²) in [5.74, 6) is 0.561. The number of rotatable bonds is 5. The summed E-state index contributed by atoms with van der Waals surface area (Å²) in [5, 5.41) is 1.35. The number of nitrogens with zero attached hydrogens (tertiary/aromatic N) is 2. The standard InChI is InChI=1S/C74H87BN2S/c1-69(2,3)51-29-24-47(25-30-51)48-26-33-57(34-27-48)76-62-36-31-53(71(7,8)9)43-60(62)75-66-63(76)44-56(74(16,17)18)45-64(66)77(67-59-42-52(70(4,5)6)32-37-65(59)78-68(67)75)61-35-28-49(46-22-20-19-21-23-46)40-58(61)50-38-54(72(10,11)12)41-55(39-50)73(13,14)15/h24-46H,19-23H2,1-18H3. The Morgan fingerprint density at radius 3 is 1.45 bits per heavy atom. The van der Waals surface area contributed by atoms with Gasteiger partial charge in [0.05, 0.1) is 11.4 Å². The predicted molar refractivity (Wildman–Crippen MR) is 345 cm³/mol. The molecule has 11 rings (SSSR count). The molecule has 3 aliphatic rings. The van der Waals surface area contributed by atoms with Crippen molar-refractivity contribution in [3.05, 3.63) is 172 Å². The fourth-order valence-corrected chi connectivity index (χ4v) is 14.0. The molecule has 2 aliphatic heterocycles. The van der Waals surface area contributed by atoms with Crippen LogP contribution in [0.4, 0.5) is 34.1 Å². The van der Waals surface area contributed by atoms with Gasteiger partial charge in [-0.3, -0.25) is 0 Å². The highest BCUT2D eigenvalue weighted by Crippen LogP contribution is 2.53. The average molecular weight is 1050 g/mol. The van der Waals surface area contributed by atoms with Crippen LogP contribution >= 0.6 is 11.3 Å². The van der Waals surface area contributed by atoms with Crippen LogP contribution in [0, 0.1) is 0 Å². The molecule has 78 heavy (non-hydrogen) atoms. The molecule has 8 aromatic rings. The van der Waals surface area contributed by atoms with E-state index < -0.39 is 0 Å². The first kappa shape index (κ1) is 54.1. The van der Waals surface area contributed by atoms with E-state index in [1.807, 2.05) is 11.3 Å². The molecule has 402 valence electrons. The molecule has 4 heteroatoms. The molecule has 0 spiro atoms. The van der Waals surface area contributed by atoms with E-state index in [2.05, 4.69) is 268 Å². The molecule has 1 aliphatic carbocycles. The zero-order valence-corrected chi connectivity index (χ0v) is 51.5. The van der Waals surface area contributed by atoms with Crippen LogP contribution in [0.2, 0.25) is 0 Å². The molecule has 7 aromatic carbocycles. The first-order valence-electron chi connectivity index (χ1n) is 29.5. The Labute approximate surface area is 474 Å². The van der Waals surface area contributed by atoms with Crippen LogP contribution in [0.15, 0.2) is 133 Å². The van der Waals surface area contributed by atoms with Crippen LogP contribution in [-0.4, -0.2) is 6.71 Å². The monoisotopic (exact) mass is 1050 g/mol. The largest absolute Gasteiger partial charge is 0.311 e. The fourth-order valence-electron chi connectivity index (χ4n) is 12.7. The average Bonchev–Trinajstić information content (AvgIpc) is 3.77. The number of benzene rings is 7. The molecule has 2 nitrogen and oxygen atoms in total. The van der Waals surface area contributed by atoms with Gasteiger partial charge in [0, 0.05) is 43.2 Å². The van der Waals surface area contributed by atoms with Crippen molar-refractivity contribution >= 4 is 78.0 Å². The van der Waals surface area contributed by atoms with E-state index in [1.54, 1.807) is 0 Å². The van der Waals surface area contributed by atoms with Crippen LogP contribution in [-0.2, 0) is 32.5 Å². The molecular formula is C74H87BN2S. The summed E-state index contributed by atoms with van der Waals surface area (Å²) in [4.78, 5) is 5.41. The van der Waals surface area contributed by atoms with Crippen LogP contribution < -0.4 is 25.5 Å². The Morgan fingerprint density at radius 2 is 0.885 bits per heavy atom. The second-order valence-corrected chi connectivity index (χ2v) is 31.0. The lowest BCUT2D eigenvalue weighted by Crippen LogP contribution is -2.60. The Hall–Kier alpha value is -5.84. The highest BCUT2D eigenvalue weighted by molar-refractivity contribution is 7.33. The number of anilines is 6. The van der Waals surface area contributed by atoms with Gasteiger partial charge in [-0.25, -0.2) is 0 Å². The molecule has 1 saturated carbocycles. The normalized spacial score (nSPS) is 15.4. The van der Waals surface area contributed by atoms with Crippen molar-refractivity contribution in [2.24, 2.45) is 0 Å². The van der Waals surface area contributed by atoms with Gasteiger partial charge >= 0.3 is 0 Å². The Balaban J connectivity index is 1.25. The number of thiophene rings is 1. The summed E-state index contributed by atoms with van der Waals surface area (Å²) in [5.41, 5.74) is 25.0. The highest BCUT2D eigenvalue weighted by atomic mass is 32.1. The summed E-state index contributed by atoms with van der Waals surface area (Å²) in [6.45, 7) is 42.6. The van der Waals surface area contributed by atoms with Gasteiger partial charge in [0.2, 0.25) is 0 Å². The van der Waals surface area contributed by atoms with E-state index in [-0.39, 0.29) is 39.2 Å². The van der Waals surface area contributed by atoms with Crippen molar-refractivity contribution < 1.29 is 0 Å². The van der Waals surface area contributed by atoms with Gasteiger partial charge in [0.25, 0.3) is 6.71 Å². The minimum atomic E-state index is -0.148. The molecule has 0 atom stereocenters. The lowest BCUT2D eigenvalue weighted by atomic mass is 9.36. The summed E-state index contributed by atoms with van der Waals surface area (Å²) in [7, 11) is 0. The number of fused-ring (bicyclic) bond motifs is 6. The zero-order valence-electron chi connectivity index (χ0n) is 50.7. The SMILES string of the molecule is CC(C)(C)c1ccc(-c2ccc(N3c4ccc(C(C)(C)C)cc4B4c5sc6ccc(C(C)(C)C)cc6c5N(c5ccc(C6CCCCC6)cc5-c5cc(C(C)(C)C)cc(C(C)(C)C)c5)c5cc(C(C)(C)C)cc3c54)cc2)cc1. The summed E-state index contributed by atoms with van der Waals surface area (Å²) in [6, 6.07) is 54.0. The number of hydrogen-bond donors (Lipinski definition) is 0. The maximum atomic E-state index is 2.78. The third-order valence-electron chi connectivity index (χ3n) is 17.8. The quantitative estimate of drug-likeness (QED) is 0.159. The molecule has 0 bridgehead atoms. The highest BCUT2D eigenvalue weighted by Gasteiger charge is 2.47. The minimum absolute atomic E-state index is 0.0154. The topological polar surface area (TPSA) is 6.48 Å². The van der Waals surface area contributed by atoms with Crippen molar-refractivity contribution in [3.63, 3.8) is 0 Å². The van der Waals surface area contributed by atoms with Gasteiger partial charge in [-0.15, -0.1) is 11.3 Å². The molecule has 0 radical (unpaired) electrons. The maximum absolute atomic E-state index is 2.78. The second-order valence-electron chi connectivity index (χ2n) is 29.9. The molecular weight excluding hydrogens is 960 g/mol. The third-order valence-corrected chi connectivity index (χ3v) is 19.0. The lowest BCUT2D eigenvalue weighted by Gasteiger charge is -2.45.